The van der Waals surface area contributed by atoms with Gasteiger partial charge in [-0.05, 0) is 49.2 Å². The van der Waals surface area contributed by atoms with Crippen LogP contribution in [0.4, 0.5) is 0 Å². The van der Waals surface area contributed by atoms with Crippen LogP contribution in [0.25, 0.3) is 0 Å². The van der Waals surface area contributed by atoms with Gasteiger partial charge >= 0.3 is 0 Å². The van der Waals surface area contributed by atoms with Crippen molar-refractivity contribution in [2.24, 2.45) is 0 Å². The molecule has 3 atom stereocenters. The molecule has 3 aromatic rings. The molecular formula is C30H28BrN3O4. The van der Waals surface area contributed by atoms with Crippen molar-refractivity contribution in [1.29, 1.82) is 0 Å². The molecule has 0 spiro atoms. The number of rotatable bonds is 6. The molecule has 0 radical (unpaired) electrons. The molecule has 2 fully saturated rings. The second-order valence-electron chi connectivity index (χ2n) is 9.83. The number of fused-ring (bicyclic) bond motifs is 1. The molecule has 7 nitrogen and oxygen atoms in total. The molecule has 38 heavy (non-hydrogen) atoms. The summed E-state index contributed by atoms with van der Waals surface area (Å²) < 4.78 is 0.758. The summed E-state index contributed by atoms with van der Waals surface area (Å²) in [6.45, 7) is 2.29. The molecule has 0 aromatic heterocycles. The van der Waals surface area contributed by atoms with Gasteiger partial charge in [0.1, 0.15) is 12.1 Å². The van der Waals surface area contributed by atoms with E-state index in [1.54, 1.807) is 52.3 Å². The molecule has 3 aromatic carbocycles. The first kappa shape index (κ1) is 25.9. The third kappa shape index (κ3) is 5.27. The van der Waals surface area contributed by atoms with Crippen molar-refractivity contribution in [2.75, 3.05) is 13.1 Å². The van der Waals surface area contributed by atoms with Crippen LogP contribution in [0, 0.1) is 6.92 Å². The number of carbonyl (C=O) groups excluding carboxylic acids is 4. The standard InChI is InChI=1S/C30H28BrN3O4/c1-19-7-5-8-20(15-19)16-24(32-28(36)22-11-6-12-23(31)17-22)30(38)33-14-13-25-27(33)26(35)18-34(25)29(37)21-9-3-2-4-10-21/h2-12,15,17,24-25,27H,13-14,16,18H2,1H3,(H,32,36). The van der Waals surface area contributed by atoms with Crippen molar-refractivity contribution in [3.63, 3.8) is 0 Å². The number of Topliss-reactive ketones (excluding diaryl/α,β-unsaturated/α-hetero) is 1. The van der Waals surface area contributed by atoms with Crippen molar-refractivity contribution in [3.05, 3.63) is 106 Å². The van der Waals surface area contributed by atoms with Gasteiger partial charge in [0.15, 0.2) is 5.78 Å². The predicted octanol–water partition coefficient (Wildman–Crippen LogP) is 3.79. The van der Waals surface area contributed by atoms with Crippen LogP contribution in [0.2, 0.25) is 0 Å². The number of carbonyl (C=O) groups is 4. The zero-order valence-corrected chi connectivity index (χ0v) is 22.6. The normalized spacial score (nSPS) is 19.3. The van der Waals surface area contributed by atoms with E-state index in [2.05, 4.69) is 21.2 Å². The van der Waals surface area contributed by atoms with Crippen LogP contribution in [-0.4, -0.2) is 64.5 Å². The van der Waals surface area contributed by atoms with Gasteiger partial charge in [0.25, 0.3) is 11.8 Å². The van der Waals surface area contributed by atoms with Gasteiger partial charge < -0.3 is 15.1 Å². The quantitative estimate of drug-likeness (QED) is 0.486. The number of benzene rings is 3. The van der Waals surface area contributed by atoms with Crippen LogP contribution >= 0.6 is 15.9 Å². The molecule has 1 N–H and O–H groups in total. The van der Waals surface area contributed by atoms with E-state index in [0.29, 0.717) is 24.1 Å². The minimum absolute atomic E-state index is 0.0280. The van der Waals surface area contributed by atoms with E-state index in [4.69, 9.17) is 0 Å². The summed E-state index contributed by atoms with van der Waals surface area (Å²) in [5.41, 5.74) is 2.91. The molecule has 5 rings (SSSR count). The Morgan fingerprint density at radius 3 is 2.42 bits per heavy atom. The van der Waals surface area contributed by atoms with Crippen LogP contribution < -0.4 is 5.32 Å². The van der Waals surface area contributed by atoms with Crippen molar-refractivity contribution in [3.8, 4) is 0 Å². The molecule has 8 heteroatoms. The second kappa shape index (κ2) is 10.9. The summed E-state index contributed by atoms with van der Waals surface area (Å²) in [4.78, 5) is 56.6. The highest BCUT2D eigenvalue weighted by Crippen LogP contribution is 2.31. The number of hydrogen-bond donors (Lipinski definition) is 1. The molecule has 2 aliphatic heterocycles. The fourth-order valence-corrected chi connectivity index (χ4v) is 5.83. The lowest BCUT2D eigenvalue weighted by Gasteiger charge is -2.28. The first-order valence-corrected chi connectivity index (χ1v) is 13.4. The summed E-state index contributed by atoms with van der Waals surface area (Å²) >= 11 is 3.39. The Bertz CT molecular complexity index is 1390. The van der Waals surface area contributed by atoms with Gasteiger partial charge in [0.2, 0.25) is 5.91 Å². The zero-order valence-electron chi connectivity index (χ0n) is 21.0. The number of ketones is 1. The summed E-state index contributed by atoms with van der Waals surface area (Å²) in [6.07, 6.45) is 0.798. The number of nitrogens with one attached hydrogen (secondary N) is 1. The zero-order chi connectivity index (χ0) is 26.8. The fourth-order valence-electron chi connectivity index (χ4n) is 5.43. The van der Waals surface area contributed by atoms with Gasteiger partial charge in [-0.1, -0.05) is 70.0 Å². The fraction of sp³-hybridized carbons (Fsp3) is 0.267. The van der Waals surface area contributed by atoms with Gasteiger partial charge in [-0.2, -0.15) is 0 Å². The van der Waals surface area contributed by atoms with Crippen LogP contribution in [-0.2, 0) is 16.0 Å². The van der Waals surface area contributed by atoms with Crippen molar-refractivity contribution in [1.82, 2.24) is 15.1 Å². The minimum atomic E-state index is -0.867. The molecule has 0 bridgehead atoms. The van der Waals surface area contributed by atoms with Gasteiger partial charge in [-0.25, -0.2) is 0 Å². The topological polar surface area (TPSA) is 86.8 Å². The first-order valence-electron chi connectivity index (χ1n) is 12.6. The van der Waals surface area contributed by atoms with E-state index >= 15 is 0 Å². The third-order valence-corrected chi connectivity index (χ3v) is 7.69. The summed E-state index contributed by atoms with van der Waals surface area (Å²) in [5.74, 6) is -1.05. The lowest BCUT2D eigenvalue weighted by atomic mass is 10.0. The Balaban J connectivity index is 1.39. The first-order chi connectivity index (χ1) is 18.3. The van der Waals surface area contributed by atoms with E-state index < -0.39 is 12.1 Å². The Labute approximate surface area is 229 Å². The highest BCUT2D eigenvalue weighted by molar-refractivity contribution is 9.10. The average Bonchev–Trinajstić information content (AvgIpc) is 3.49. The largest absolute Gasteiger partial charge is 0.340 e. The molecule has 2 heterocycles. The molecule has 3 unspecified atom stereocenters. The maximum Gasteiger partial charge on any atom is 0.254 e. The monoisotopic (exact) mass is 573 g/mol. The van der Waals surface area contributed by atoms with E-state index in [-0.39, 0.29) is 42.5 Å². The Kier molecular flexibility index (Phi) is 7.42. The molecular weight excluding hydrogens is 546 g/mol. The number of likely N-dealkylation sites (tertiary alicyclic amines) is 2. The van der Waals surface area contributed by atoms with Gasteiger partial charge in [0, 0.05) is 28.6 Å². The number of halogens is 1. The number of amides is 3. The minimum Gasteiger partial charge on any atom is -0.340 e. The third-order valence-electron chi connectivity index (χ3n) is 7.20. The van der Waals surface area contributed by atoms with Gasteiger partial charge in [-0.15, -0.1) is 0 Å². The molecule has 2 aliphatic rings. The Morgan fingerprint density at radius 1 is 0.947 bits per heavy atom. The maximum absolute atomic E-state index is 13.9. The van der Waals surface area contributed by atoms with Gasteiger partial charge in [0.05, 0.1) is 12.6 Å². The van der Waals surface area contributed by atoms with E-state index in [0.717, 1.165) is 15.6 Å². The van der Waals surface area contributed by atoms with Crippen molar-refractivity contribution < 1.29 is 19.2 Å². The second-order valence-corrected chi connectivity index (χ2v) is 10.7. The lowest BCUT2D eigenvalue weighted by Crippen LogP contribution is -2.53. The molecule has 2 saturated heterocycles. The maximum atomic E-state index is 13.9. The van der Waals surface area contributed by atoms with Crippen LogP contribution in [0.1, 0.15) is 38.3 Å². The van der Waals surface area contributed by atoms with Crippen LogP contribution in [0.15, 0.2) is 83.3 Å². The highest BCUT2D eigenvalue weighted by Gasteiger charge is 2.52. The Hall–Kier alpha value is -3.78. The van der Waals surface area contributed by atoms with Crippen LogP contribution in [0.3, 0.4) is 0 Å². The number of hydrogen-bond acceptors (Lipinski definition) is 4. The van der Waals surface area contributed by atoms with Gasteiger partial charge in [-0.3, -0.25) is 19.2 Å². The highest BCUT2D eigenvalue weighted by atomic mass is 79.9. The van der Waals surface area contributed by atoms with Crippen LogP contribution in [0.5, 0.6) is 0 Å². The van der Waals surface area contributed by atoms with E-state index in [1.807, 2.05) is 43.3 Å². The Morgan fingerprint density at radius 2 is 1.68 bits per heavy atom. The van der Waals surface area contributed by atoms with E-state index in [9.17, 15) is 19.2 Å². The summed E-state index contributed by atoms with van der Waals surface area (Å²) in [5, 5.41) is 2.92. The summed E-state index contributed by atoms with van der Waals surface area (Å²) in [6, 6.07) is 21.7. The van der Waals surface area contributed by atoms with E-state index in [1.165, 1.54) is 0 Å². The number of nitrogens with zero attached hydrogens (tertiary/aromatic N) is 2. The SMILES string of the molecule is Cc1cccc(CC(NC(=O)c2cccc(Br)c2)C(=O)N2CCC3C2C(=O)CN3C(=O)c2ccccc2)c1. The molecule has 3 amide bonds. The van der Waals surface area contributed by atoms with Crippen molar-refractivity contribution in [2.45, 2.75) is 37.9 Å². The smallest absolute Gasteiger partial charge is 0.254 e. The predicted molar refractivity (Wildman–Crippen MR) is 147 cm³/mol. The number of aryl methyl sites for hydroxylation is 1. The summed E-state index contributed by atoms with van der Waals surface area (Å²) in [7, 11) is 0. The molecule has 0 aliphatic carbocycles. The lowest BCUT2D eigenvalue weighted by molar-refractivity contribution is -0.138. The van der Waals surface area contributed by atoms with Crippen molar-refractivity contribution >= 4 is 39.4 Å². The molecule has 194 valence electrons. The average molecular weight is 574 g/mol. The molecule has 0 saturated carbocycles.